The highest BCUT2D eigenvalue weighted by atomic mass is 127. The summed E-state index contributed by atoms with van der Waals surface area (Å²) in [4.78, 5) is 18.8. The maximum absolute atomic E-state index is 12.8. The van der Waals surface area contributed by atoms with Crippen molar-refractivity contribution in [2.24, 2.45) is 10.9 Å². The number of ether oxygens (including phenoxy) is 4. The van der Waals surface area contributed by atoms with E-state index in [4.69, 9.17) is 18.9 Å². The monoisotopic (exact) mass is 570 g/mol. The standard InChI is InChI=1S/C22H42N4O5.HI/c1-16-18(26(22(5,6)30-16)20(27)31-21(2,3)4)13-25-19(23-7)24-10-8-11-28-14-17-9-12-29-15-17;/h16-18H,8-15H2,1-7H3,(H2,23,24,25);1H. The van der Waals surface area contributed by atoms with Crippen molar-refractivity contribution in [3.8, 4) is 0 Å². The first-order valence-electron chi connectivity index (χ1n) is 11.3. The first-order valence-corrected chi connectivity index (χ1v) is 11.3. The molecule has 0 radical (unpaired) electrons. The van der Waals surface area contributed by atoms with Crippen LogP contribution in [0.4, 0.5) is 4.79 Å². The molecule has 2 fully saturated rings. The molecule has 10 heteroatoms. The average Bonchev–Trinajstić information content (AvgIpc) is 3.24. The molecular weight excluding hydrogens is 527 g/mol. The van der Waals surface area contributed by atoms with E-state index in [1.165, 1.54) is 0 Å². The van der Waals surface area contributed by atoms with Crippen LogP contribution >= 0.6 is 24.0 Å². The van der Waals surface area contributed by atoms with Crippen LogP contribution in [0.1, 0.15) is 54.4 Å². The lowest BCUT2D eigenvalue weighted by Crippen LogP contribution is -2.54. The molecule has 2 heterocycles. The highest BCUT2D eigenvalue weighted by molar-refractivity contribution is 14.0. The number of nitrogens with zero attached hydrogens (tertiary/aromatic N) is 2. The van der Waals surface area contributed by atoms with Gasteiger partial charge in [-0.25, -0.2) is 4.79 Å². The Kier molecular flexibility index (Phi) is 12.0. The van der Waals surface area contributed by atoms with Crippen molar-refractivity contribution in [2.75, 3.05) is 46.6 Å². The van der Waals surface area contributed by atoms with Gasteiger partial charge >= 0.3 is 6.09 Å². The van der Waals surface area contributed by atoms with Crippen LogP contribution in [0.25, 0.3) is 0 Å². The van der Waals surface area contributed by atoms with Gasteiger partial charge in [0.15, 0.2) is 5.96 Å². The molecule has 3 unspecified atom stereocenters. The molecule has 0 aromatic rings. The lowest BCUT2D eigenvalue weighted by Gasteiger charge is -2.35. The summed E-state index contributed by atoms with van der Waals surface area (Å²) >= 11 is 0. The third-order valence-corrected chi connectivity index (χ3v) is 5.36. The summed E-state index contributed by atoms with van der Waals surface area (Å²) in [6, 6.07) is -0.180. The van der Waals surface area contributed by atoms with Gasteiger partial charge in [0.05, 0.1) is 25.4 Å². The second kappa shape index (κ2) is 13.1. The van der Waals surface area contributed by atoms with Gasteiger partial charge in [0.25, 0.3) is 0 Å². The second-order valence-electron chi connectivity index (χ2n) is 9.73. The number of nitrogens with one attached hydrogen (secondary N) is 2. The van der Waals surface area contributed by atoms with Gasteiger partial charge in [-0.1, -0.05) is 0 Å². The first-order chi connectivity index (χ1) is 14.5. The molecule has 0 saturated carbocycles. The summed E-state index contributed by atoms with van der Waals surface area (Å²) < 4.78 is 22.8. The zero-order valence-corrected chi connectivity index (χ0v) is 23.1. The van der Waals surface area contributed by atoms with Gasteiger partial charge in [0, 0.05) is 39.3 Å². The first kappa shape index (κ1) is 29.2. The molecule has 3 atom stereocenters. The molecule has 0 aromatic heterocycles. The normalized spacial score (nSPS) is 25.4. The van der Waals surface area contributed by atoms with Crippen molar-refractivity contribution in [1.82, 2.24) is 15.5 Å². The lowest BCUT2D eigenvalue weighted by molar-refractivity contribution is -0.0755. The summed E-state index contributed by atoms with van der Waals surface area (Å²) in [5.74, 6) is 1.22. The van der Waals surface area contributed by atoms with E-state index in [0.29, 0.717) is 25.0 Å². The van der Waals surface area contributed by atoms with E-state index in [0.717, 1.165) is 39.2 Å². The minimum Gasteiger partial charge on any atom is -0.444 e. The summed E-state index contributed by atoms with van der Waals surface area (Å²) in [6.45, 7) is 15.7. The van der Waals surface area contributed by atoms with E-state index in [1.807, 2.05) is 41.5 Å². The third-order valence-electron chi connectivity index (χ3n) is 5.36. The highest BCUT2D eigenvalue weighted by Gasteiger charge is 2.49. The minimum atomic E-state index is -0.743. The van der Waals surface area contributed by atoms with Crippen molar-refractivity contribution in [3.05, 3.63) is 0 Å². The van der Waals surface area contributed by atoms with E-state index < -0.39 is 11.3 Å². The summed E-state index contributed by atoms with van der Waals surface area (Å²) in [5.41, 5.74) is -1.31. The van der Waals surface area contributed by atoms with Crippen LogP contribution in [0.5, 0.6) is 0 Å². The van der Waals surface area contributed by atoms with Gasteiger partial charge < -0.3 is 29.6 Å². The second-order valence-corrected chi connectivity index (χ2v) is 9.73. The molecule has 2 aliphatic heterocycles. The van der Waals surface area contributed by atoms with Crippen molar-refractivity contribution < 1.29 is 23.7 Å². The topological polar surface area (TPSA) is 93.7 Å². The number of aliphatic imine (C=N–C) groups is 1. The van der Waals surface area contributed by atoms with E-state index in [2.05, 4.69) is 15.6 Å². The summed E-state index contributed by atoms with van der Waals surface area (Å²) in [5, 5.41) is 6.61. The maximum atomic E-state index is 12.8. The quantitative estimate of drug-likeness (QED) is 0.201. The Labute approximate surface area is 210 Å². The fourth-order valence-corrected chi connectivity index (χ4v) is 3.89. The van der Waals surface area contributed by atoms with E-state index >= 15 is 0 Å². The van der Waals surface area contributed by atoms with Crippen LogP contribution < -0.4 is 10.6 Å². The van der Waals surface area contributed by atoms with Gasteiger partial charge in [-0.15, -0.1) is 24.0 Å². The SMILES string of the molecule is CN=C(NCCCOCC1CCOC1)NCC1C(C)OC(C)(C)N1C(=O)OC(C)(C)C.I. The molecule has 0 aliphatic carbocycles. The number of guanidine groups is 1. The molecule has 9 nitrogen and oxygen atoms in total. The summed E-state index contributed by atoms with van der Waals surface area (Å²) in [7, 11) is 1.73. The Balaban J connectivity index is 0.00000512. The molecule has 2 N–H and O–H groups in total. The molecule has 0 bridgehead atoms. The van der Waals surface area contributed by atoms with Crippen LogP contribution in [-0.4, -0.2) is 87.0 Å². The van der Waals surface area contributed by atoms with Crippen molar-refractivity contribution in [1.29, 1.82) is 0 Å². The lowest BCUT2D eigenvalue weighted by atomic mass is 10.1. The van der Waals surface area contributed by atoms with Crippen molar-refractivity contribution in [2.45, 2.75) is 77.9 Å². The van der Waals surface area contributed by atoms with Crippen molar-refractivity contribution >= 4 is 36.0 Å². The Bertz CT molecular complexity index is 606. The van der Waals surface area contributed by atoms with E-state index in [9.17, 15) is 4.79 Å². The zero-order chi connectivity index (χ0) is 23.1. The van der Waals surface area contributed by atoms with Crippen LogP contribution in [0.3, 0.4) is 0 Å². The minimum absolute atomic E-state index is 0. The van der Waals surface area contributed by atoms with Crippen LogP contribution in [0.15, 0.2) is 4.99 Å². The molecule has 32 heavy (non-hydrogen) atoms. The number of rotatable bonds is 8. The molecule has 188 valence electrons. The molecule has 0 spiro atoms. The summed E-state index contributed by atoms with van der Waals surface area (Å²) in [6.07, 6.45) is 1.46. The molecule has 2 rings (SSSR count). The molecule has 2 aliphatic rings. The molecular formula is C22H43IN4O5. The zero-order valence-electron chi connectivity index (χ0n) is 20.7. The average molecular weight is 571 g/mol. The fraction of sp³-hybridized carbons (Fsp3) is 0.909. The van der Waals surface area contributed by atoms with Crippen LogP contribution in [-0.2, 0) is 18.9 Å². The smallest absolute Gasteiger partial charge is 0.412 e. The van der Waals surface area contributed by atoms with Crippen molar-refractivity contribution in [3.63, 3.8) is 0 Å². The van der Waals surface area contributed by atoms with Gasteiger partial charge in [-0.3, -0.25) is 9.89 Å². The third kappa shape index (κ3) is 9.18. The number of carbonyl (C=O) groups is 1. The van der Waals surface area contributed by atoms with Gasteiger partial charge in [0.1, 0.15) is 11.3 Å². The van der Waals surface area contributed by atoms with Gasteiger partial charge in [-0.2, -0.15) is 0 Å². The Morgan fingerprint density at radius 3 is 2.59 bits per heavy atom. The largest absolute Gasteiger partial charge is 0.444 e. The Morgan fingerprint density at radius 2 is 2.00 bits per heavy atom. The maximum Gasteiger partial charge on any atom is 0.412 e. The predicted octanol–water partition coefficient (Wildman–Crippen LogP) is 2.97. The predicted molar refractivity (Wildman–Crippen MR) is 136 cm³/mol. The molecule has 0 aromatic carbocycles. The van der Waals surface area contributed by atoms with Gasteiger partial charge in [0.2, 0.25) is 0 Å². The van der Waals surface area contributed by atoms with E-state index in [1.54, 1.807) is 11.9 Å². The Morgan fingerprint density at radius 1 is 1.28 bits per heavy atom. The fourth-order valence-electron chi connectivity index (χ4n) is 3.89. The highest BCUT2D eigenvalue weighted by Crippen LogP contribution is 2.33. The number of carbonyl (C=O) groups excluding carboxylic acids is 1. The van der Waals surface area contributed by atoms with Crippen LogP contribution in [0.2, 0.25) is 0 Å². The van der Waals surface area contributed by atoms with Crippen LogP contribution in [0, 0.1) is 5.92 Å². The molecule has 2 saturated heterocycles. The van der Waals surface area contributed by atoms with Gasteiger partial charge in [-0.05, 0) is 54.4 Å². The molecule has 1 amide bonds. The van der Waals surface area contributed by atoms with E-state index in [-0.39, 0.29) is 42.2 Å². The number of halogens is 1. The number of hydrogen-bond acceptors (Lipinski definition) is 6. The number of hydrogen-bond donors (Lipinski definition) is 2. The number of amides is 1. The Hall–Kier alpha value is -0.850.